The van der Waals surface area contributed by atoms with Crippen molar-refractivity contribution in [1.29, 1.82) is 0 Å². The second-order valence-corrected chi connectivity index (χ2v) is 9.74. The van der Waals surface area contributed by atoms with Crippen molar-refractivity contribution in [2.24, 2.45) is 40.4 Å². The Morgan fingerprint density at radius 1 is 0.952 bits per heavy atom. The molecule has 1 unspecified atom stereocenters. The molecule has 1 N–H and O–H groups in total. The van der Waals surface area contributed by atoms with Crippen molar-refractivity contribution < 1.29 is 5.11 Å². The maximum Gasteiger partial charge on any atom is 0.0581 e. The Morgan fingerprint density at radius 3 is 2.38 bits per heavy atom. The molecule has 3 saturated carbocycles. The average Bonchev–Trinajstić information content (AvgIpc) is 2.34. The lowest BCUT2D eigenvalue weighted by Crippen LogP contribution is -2.53. The van der Waals surface area contributed by atoms with Gasteiger partial charge in [-0.2, -0.15) is 0 Å². The zero-order valence-corrected chi connectivity index (χ0v) is 14.9. The fourth-order valence-corrected chi connectivity index (χ4v) is 6.90. The summed E-state index contributed by atoms with van der Waals surface area (Å²) in [5.74, 6) is 3.69. The summed E-state index contributed by atoms with van der Waals surface area (Å²) in [4.78, 5) is 0. The van der Waals surface area contributed by atoms with E-state index in [4.69, 9.17) is 0 Å². The molecule has 0 aliphatic heterocycles. The maximum absolute atomic E-state index is 11.1. The molecule has 0 aromatic carbocycles. The predicted octanol–water partition coefficient (Wildman–Crippen LogP) is 5.27. The summed E-state index contributed by atoms with van der Waals surface area (Å²) in [6.45, 7) is 12.3. The molecule has 21 heavy (non-hydrogen) atoms. The first kappa shape index (κ1) is 15.8. The van der Waals surface area contributed by atoms with Crippen LogP contribution in [0.1, 0.15) is 79.6 Å². The van der Waals surface area contributed by atoms with Crippen LogP contribution in [0.5, 0.6) is 0 Å². The van der Waals surface area contributed by atoms with Crippen molar-refractivity contribution in [2.45, 2.75) is 85.7 Å². The van der Waals surface area contributed by atoms with E-state index in [0.717, 1.165) is 24.2 Å². The van der Waals surface area contributed by atoms with Gasteiger partial charge >= 0.3 is 0 Å². The first-order valence-electron chi connectivity index (χ1n) is 9.44. The molecule has 0 aromatic heterocycles. The summed E-state index contributed by atoms with van der Waals surface area (Å²) in [6.07, 6.45) is 9.21. The van der Waals surface area contributed by atoms with Crippen LogP contribution in [-0.2, 0) is 0 Å². The van der Waals surface area contributed by atoms with Gasteiger partial charge < -0.3 is 5.11 Å². The van der Waals surface area contributed by atoms with E-state index in [1.807, 2.05) is 0 Å². The summed E-state index contributed by atoms with van der Waals surface area (Å²) in [7, 11) is 0. The highest BCUT2D eigenvalue weighted by atomic mass is 16.3. The van der Waals surface area contributed by atoms with E-state index in [2.05, 4.69) is 34.6 Å². The molecule has 0 heterocycles. The van der Waals surface area contributed by atoms with Gasteiger partial charge in [-0.05, 0) is 66.1 Å². The number of hydrogen-bond donors (Lipinski definition) is 1. The third-order valence-electron chi connectivity index (χ3n) is 8.11. The lowest BCUT2D eigenvalue weighted by molar-refractivity contribution is -0.128. The van der Waals surface area contributed by atoms with Crippen LogP contribution in [0.2, 0.25) is 0 Å². The Bertz CT molecular complexity index is 387. The van der Waals surface area contributed by atoms with Crippen LogP contribution < -0.4 is 0 Å². The number of hydrogen-bond acceptors (Lipinski definition) is 1. The van der Waals surface area contributed by atoms with Crippen LogP contribution >= 0.6 is 0 Å². The summed E-state index contributed by atoms with van der Waals surface area (Å²) in [5, 5.41) is 11.1. The third-order valence-corrected chi connectivity index (χ3v) is 8.11. The van der Waals surface area contributed by atoms with Gasteiger partial charge in [0.1, 0.15) is 0 Å². The molecular weight excluding hydrogens is 256 g/mol. The SMILES string of the molecule is C[C@@H]1CCC[C@@]2(C)CC(O)[C@H]3[C@H](C)CC[C@@H](C[C@H]12)C3(C)C. The highest BCUT2D eigenvalue weighted by Gasteiger charge is 2.53. The Morgan fingerprint density at radius 2 is 1.67 bits per heavy atom. The van der Waals surface area contributed by atoms with Crippen molar-refractivity contribution in [2.75, 3.05) is 0 Å². The number of aliphatic hydroxyl groups excluding tert-OH is 1. The number of rotatable bonds is 0. The second-order valence-electron chi connectivity index (χ2n) is 9.74. The van der Waals surface area contributed by atoms with Crippen molar-refractivity contribution in [3.63, 3.8) is 0 Å². The fraction of sp³-hybridized carbons (Fsp3) is 1.00. The summed E-state index contributed by atoms with van der Waals surface area (Å²) < 4.78 is 0. The first-order valence-corrected chi connectivity index (χ1v) is 9.44. The van der Waals surface area contributed by atoms with E-state index in [1.54, 1.807) is 0 Å². The van der Waals surface area contributed by atoms with Gasteiger partial charge in [0.05, 0.1) is 6.10 Å². The van der Waals surface area contributed by atoms with Crippen LogP contribution in [0.15, 0.2) is 0 Å². The smallest absolute Gasteiger partial charge is 0.0581 e. The minimum absolute atomic E-state index is 0.0871. The Kier molecular flexibility index (Phi) is 3.96. The molecule has 0 saturated heterocycles. The van der Waals surface area contributed by atoms with Gasteiger partial charge in [-0.25, -0.2) is 0 Å². The van der Waals surface area contributed by atoms with E-state index < -0.39 is 0 Å². The van der Waals surface area contributed by atoms with Crippen LogP contribution in [0.3, 0.4) is 0 Å². The van der Waals surface area contributed by atoms with Gasteiger partial charge in [0.2, 0.25) is 0 Å². The van der Waals surface area contributed by atoms with E-state index in [-0.39, 0.29) is 6.10 Å². The molecular formula is C20H36O. The summed E-state index contributed by atoms with van der Waals surface area (Å²) in [5.41, 5.74) is 0.705. The van der Waals surface area contributed by atoms with Gasteiger partial charge in [-0.3, -0.25) is 0 Å². The average molecular weight is 293 g/mol. The summed E-state index contributed by atoms with van der Waals surface area (Å²) in [6, 6.07) is 0. The van der Waals surface area contributed by atoms with Crippen LogP contribution in [0, 0.1) is 40.4 Å². The van der Waals surface area contributed by atoms with E-state index in [9.17, 15) is 5.11 Å². The molecule has 0 amide bonds. The zero-order valence-electron chi connectivity index (χ0n) is 14.9. The summed E-state index contributed by atoms with van der Waals surface area (Å²) >= 11 is 0. The highest BCUT2D eigenvalue weighted by Crippen LogP contribution is 2.60. The van der Waals surface area contributed by atoms with Crippen molar-refractivity contribution >= 4 is 0 Å². The maximum atomic E-state index is 11.1. The molecule has 122 valence electrons. The quantitative estimate of drug-likeness (QED) is 0.644. The van der Waals surface area contributed by atoms with Crippen molar-refractivity contribution in [1.82, 2.24) is 0 Å². The standard InChI is InChI=1S/C20H36O/c1-13-7-6-10-20(5)12-17(21)18-14(2)8-9-15(11-16(13)20)19(18,3)4/h13-18,21H,6-12H2,1-5H3/t13-,14-,15+,16-,17?,18-,20+/m1/s1. The Hall–Kier alpha value is -0.0400. The minimum atomic E-state index is -0.0871. The molecule has 2 bridgehead atoms. The highest BCUT2D eigenvalue weighted by molar-refractivity contribution is 5.03. The number of aliphatic hydroxyl groups is 1. The van der Waals surface area contributed by atoms with Gasteiger partial charge in [0.15, 0.2) is 0 Å². The first-order chi connectivity index (χ1) is 9.75. The van der Waals surface area contributed by atoms with Gasteiger partial charge in [0, 0.05) is 0 Å². The third kappa shape index (κ3) is 2.48. The van der Waals surface area contributed by atoms with E-state index in [0.29, 0.717) is 22.7 Å². The minimum Gasteiger partial charge on any atom is -0.393 e. The lowest BCUT2D eigenvalue weighted by atomic mass is 9.48. The molecule has 3 fully saturated rings. The lowest BCUT2D eigenvalue weighted by Gasteiger charge is -2.58. The normalized spacial score (nSPS) is 53.4. The monoisotopic (exact) mass is 292 g/mol. The molecule has 3 aliphatic carbocycles. The molecule has 3 aliphatic rings. The molecule has 1 heteroatoms. The molecule has 3 rings (SSSR count). The van der Waals surface area contributed by atoms with Gasteiger partial charge in [0.25, 0.3) is 0 Å². The van der Waals surface area contributed by atoms with Crippen LogP contribution in [0.4, 0.5) is 0 Å². The second kappa shape index (κ2) is 5.25. The zero-order chi connectivity index (χ0) is 15.4. The Balaban J connectivity index is 1.97. The van der Waals surface area contributed by atoms with Crippen LogP contribution in [0.25, 0.3) is 0 Å². The largest absolute Gasteiger partial charge is 0.393 e. The van der Waals surface area contributed by atoms with Gasteiger partial charge in [-0.15, -0.1) is 0 Å². The van der Waals surface area contributed by atoms with Crippen molar-refractivity contribution in [3.05, 3.63) is 0 Å². The molecule has 0 aromatic rings. The van der Waals surface area contributed by atoms with Gasteiger partial charge in [-0.1, -0.05) is 53.9 Å². The molecule has 0 radical (unpaired) electrons. The molecule has 1 nitrogen and oxygen atoms in total. The van der Waals surface area contributed by atoms with E-state index >= 15 is 0 Å². The molecule has 7 atom stereocenters. The number of fused-ring (bicyclic) bond motifs is 3. The van der Waals surface area contributed by atoms with Crippen LogP contribution in [-0.4, -0.2) is 11.2 Å². The topological polar surface area (TPSA) is 20.2 Å². The Labute approximate surface area is 131 Å². The molecule has 0 spiro atoms. The predicted molar refractivity (Wildman–Crippen MR) is 89.0 cm³/mol. The van der Waals surface area contributed by atoms with Crippen molar-refractivity contribution in [3.8, 4) is 0 Å². The fourth-order valence-electron chi connectivity index (χ4n) is 6.90. The van der Waals surface area contributed by atoms with E-state index in [1.165, 1.54) is 38.5 Å².